The van der Waals surface area contributed by atoms with Gasteiger partial charge in [0.25, 0.3) is 0 Å². The molecule has 13 heavy (non-hydrogen) atoms. The summed E-state index contributed by atoms with van der Waals surface area (Å²) in [5, 5.41) is 11.4. The summed E-state index contributed by atoms with van der Waals surface area (Å²) in [6.45, 7) is 3.13. The van der Waals surface area contributed by atoms with Crippen molar-refractivity contribution in [1.29, 1.82) is 5.41 Å². The first kappa shape index (κ1) is 9.73. The molecule has 0 saturated heterocycles. The molecule has 5 heteroatoms. The van der Waals surface area contributed by atoms with E-state index in [9.17, 15) is 0 Å². The Morgan fingerprint density at radius 1 is 1.77 bits per heavy atom. The normalized spacial score (nSPS) is 10.3. The first-order valence-corrected chi connectivity index (χ1v) is 4.02. The highest BCUT2D eigenvalue weighted by atomic mass is 16.5. The summed E-state index contributed by atoms with van der Waals surface area (Å²) < 4.78 is 6.64. The lowest BCUT2D eigenvalue weighted by molar-refractivity contribution is 0.183. The first-order chi connectivity index (χ1) is 6.15. The van der Waals surface area contributed by atoms with Gasteiger partial charge in [0.1, 0.15) is 5.84 Å². The van der Waals surface area contributed by atoms with E-state index in [1.54, 1.807) is 18.0 Å². The maximum Gasteiger partial charge on any atom is 0.126 e. The summed E-state index contributed by atoms with van der Waals surface area (Å²) in [6, 6.07) is 0. The number of nitrogens with two attached hydrogens (primary N) is 1. The Hall–Kier alpha value is -1.36. The zero-order valence-electron chi connectivity index (χ0n) is 7.87. The van der Waals surface area contributed by atoms with E-state index in [0.717, 1.165) is 5.69 Å². The van der Waals surface area contributed by atoms with Crippen LogP contribution in [-0.4, -0.2) is 29.3 Å². The molecule has 0 atom stereocenters. The monoisotopic (exact) mass is 182 g/mol. The van der Waals surface area contributed by atoms with Gasteiger partial charge in [-0.25, -0.2) is 0 Å². The van der Waals surface area contributed by atoms with Crippen LogP contribution >= 0.6 is 0 Å². The van der Waals surface area contributed by atoms with Gasteiger partial charge >= 0.3 is 0 Å². The van der Waals surface area contributed by atoms with Gasteiger partial charge in [0, 0.05) is 13.3 Å². The van der Waals surface area contributed by atoms with Crippen LogP contribution in [0.3, 0.4) is 0 Å². The van der Waals surface area contributed by atoms with E-state index in [2.05, 4.69) is 5.10 Å². The van der Waals surface area contributed by atoms with Crippen LogP contribution in [0.25, 0.3) is 0 Å². The molecule has 0 aliphatic heterocycles. The number of nitrogens with one attached hydrogen (secondary N) is 1. The molecular formula is C8H14N4O. The van der Waals surface area contributed by atoms with Crippen LogP contribution in [0.5, 0.6) is 0 Å². The predicted molar refractivity (Wildman–Crippen MR) is 49.9 cm³/mol. The molecule has 5 nitrogen and oxygen atoms in total. The third-order valence-corrected chi connectivity index (χ3v) is 1.76. The van der Waals surface area contributed by atoms with E-state index in [1.807, 2.05) is 6.92 Å². The molecule has 1 aromatic rings. The van der Waals surface area contributed by atoms with E-state index in [1.165, 1.54) is 0 Å². The number of hydrogen-bond donors (Lipinski definition) is 2. The standard InChI is InChI=1S/C8H14N4O/c1-6-7(8(9)10)5-12(11-6)3-4-13-2/h5H,3-4H2,1-2H3,(H3,9,10). The molecule has 0 aliphatic rings. The second-order valence-electron chi connectivity index (χ2n) is 2.80. The minimum atomic E-state index is 0.0566. The van der Waals surface area contributed by atoms with Crippen molar-refractivity contribution in [2.75, 3.05) is 13.7 Å². The Morgan fingerprint density at radius 3 is 2.92 bits per heavy atom. The van der Waals surface area contributed by atoms with Crippen molar-refractivity contribution in [1.82, 2.24) is 9.78 Å². The summed E-state index contributed by atoms with van der Waals surface area (Å²) in [7, 11) is 1.64. The quantitative estimate of drug-likeness (QED) is 0.513. The third-order valence-electron chi connectivity index (χ3n) is 1.76. The lowest BCUT2D eigenvalue weighted by atomic mass is 10.2. The van der Waals surface area contributed by atoms with Gasteiger partial charge < -0.3 is 10.5 Å². The zero-order chi connectivity index (χ0) is 9.84. The lowest BCUT2D eigenvalue weighted by Crippen LogP contribution is -2.11. The number of nitrogen functional groups attached to an aromatic ring is 1. The third kappa shape index (κ3) is 2.29. The Morgan fingerprint density at radius 2 is 2.46 bits per heavy atom. The molecule has 1 rings (SSSR count). The van der Waals surface area contributed by atoms with E-state index in [4.69, 9.17) is 15.9 Å². The van der Waals surface area contributed by atoms with Crippen LogP contribution in [0.1, 0.15) is 11.3 Å². The number of rotatable bonds is 4. The molecule has 3 N–H and O–H groups in total. The van der Waals surface area contributed by atoms with Gasteiger partial charge in [-0.2, -0.15) is 5.10 Å². The number of hydrogen-bond acceptors (Lipinski definition) is 3. The van der Waals surface area contributed by atoms with E-state index < -0.39 is 0 Å². The van der Waals surface area contributed by atoms with E-state index in [-0.39, 0.29) is 5.84 Å². The fourth-order valence-electron chi connectivity index (χ4n) is 1.08. The van der Waals surface area contributed by atoms with Crippen molar-refractivity contribution in [2.45, 2.75) is 13.5 Å². The predicted octanol–water partition coefficient (Wildman–Crippen LogP) is 0.122. The van der Waals surface area contributed by atoms with Crippen LogP contribution in [-0.2, 0) is 11.3 Å². The van der Waals surface area contributed by atoms with Crippen molar-refractivity contribution >= 4 is 5.84 Å². The summed E-state index contributed by atoms with van der Waals surface area (Å²) in [6.07, 6.45) is 1.76. The second-order valence-corrected chi connectivity index (χ2v) is 2.80. The Labute approximate surface area is 77.0 Å². The molecular weight excluding hydrogens is 168 g/mol. The van der Waals surface area contributed by atoms with Gasteiger partial charge in [-0.05, 0) is 6.92 Å². The minimum absolute atomic E-state index is 0.0566. The fraction of sp³-hybridized carbons (Fsp3) is 0.500. The molecule has 1 aromatic heterocycles. The van der Waals surface area contributed by atoms with Gasteiger partial charge in [-0.3, -0.25) is 10.1 Å². The zero-order valence-corrected chi connectivity index (χ0v) is 7.87. The maximum absolute atomic E-state index is 7.26. The molecule has 0 saturated carbocycles. The molecule has 0 aliphatic carbocycles. The molecule has 0 unspecified atom stereocenters. The van der Waals surface area contributed by atoms with Crippen molar-refractivity contribution in [3.05, 3.63) is 17.5 Å². The molecule has 1 heterocycles. The highest BCUT2D eigenvalue weighted by Crippen LogP contribution is 2.03. The number of aromatic nitrogens is 2. The number of amidine groups is 1. The summed E-state index contributed by atoms with van der Waals surface area (Å²) in [4.78, 5) is 0. The number of ether oxygens (including phenoxy) is 1. The summed E-state index contributed by atoms with van der Waals surface area (Å²) >= 11 is 0. The largest absolute Gasteiger partial charge is 0.384 e. The summed E-state index contributed by atoms with van der Waals surface area (Å²) in [5.41, 5.74) is 6.83. The smallest absolute Gasteiger partial charge is 0.126 e. The summed E-state index contributed by atoms with van der Waals surface area (Å²) in [5.74, 6) is 0.0566. The molecule has 0 amide bonds. The lowest BCUT2D eigenvalue weighted by Gasteiger charge is -1.97. The van der Waals surface area contributed by atoms with E-state index in [0.29, 0.717) is 18.7 Å². The number of methoxy groups -OCH3 is 1. The van der Waals surface area contributed by atoms with Crippen molar-refractivity contribution < 1.29 is 4.74 Å². The highest BCUT2D eigenvalue weighted by Gasteiger charge is 2.06. The Bertz CT molecular complexity index is 305. The maximum atomic E-state index is 7.26. The topological polar surface area (TPSA) is 76.9 Å². The average Bonchev–Trinajstić information content (AvgIpc) is 2.43. The van der Waals surface area contributed by atoms with Crippen LogP contribution in [0.4, 0.5) is 0 Å². The molecule has 0 aromatic carbocycles. The Balaban J connectivity index is 2.76. The molecule has 0 radical (unpaired) electrons. The van der Waals surface area contributed by atoms with E-state index >= 15 is 0 Å². The van der Waals surface area contributed by atoms with Crippen LogP contribution in [0.15, 0.2) is 6.20 Å². The van der Waals surface area contributed by atoms with Crippen molar-refractivity contribution in [2.24, 2.45) is 5.73 Å². The fourth-order valence-corrected chi connectivity index (χ4v) is 1.08. The average molecular weight is 182 g/mol. The SMILES string of the molecule is COCCn1cc(C(=N)N)c(C)n1. The van der Waals surface area contributed by atoms with Crippen molar-refractivity contribution in [3.63, 3.8) is 0 Å². The van der Waals surface area contributed by atoms with Crippen LogP contribution in [0, 0.1) is 12.3 Å². The number of nitrogens with zero attached hydrogens (tertiary/aromatic N) is 2. The van der Waals surface area contributed by atoms with Crippen molar-refractivity contribution in [3.8, 4) is 0 Å². The minimum Gasteiger partial charge on any atom is -0.384 e. The number of aryl methyl sites for hydroxylation is 1. The van der Waals surface area contributed by atoms with Gasteiger partial charge in [-0.15, -0.1) is 0 Å². The van der Waals surface area contributed by atoms with Crippen LogP contribution < -0.4 is 5.73 Å². The van der Waals surface area contributed by atoms with Gasteiger partial charge in [0.05, 0.1) is 24.4 Å². The van der Waals surface area contributed by atoms with Gasteiger partial charge in [-0.1, -0.05) is 0 Å². The second kappa shape index (κ2) is 4.04. The molecule has 72 valence electrons. The van der Waals surface area contributed by atoms with Gasteiger partial charge in [0.2, 0.25) is 0 Å². The van der Waals surface area contributed by atoms with Crippen LogP contribution in [0.2, 0.25) is 0 Å². The first-order valence-electron chi connectivity index (χ1n) is 4.02. The molecule has 0 fully saturated rings. The Kier molecular flexibility index (Phi) is 3.02. The van der Waals surface area contributed by atoms with Gasteiger partial charge in [0.15, 0.2) is 0 Å². The molecule has 0 spiro atoms. The molecule has 0 bridgehead atoms. The highest BCUT2D eigenvalue weighted by molar-refractivity contribution is 5.95.